The van der Waals surface area contributed by atoms with Gasteiger partial charge in [-0.3, -0.25) is 14.6 Å². The molecular formula is C13H14N2O4. The predicted octanol–water partition coefficient (Wildman–Crippen LogP) is 1.91. The molecule has 2 rings (SSSR count). The third-order valence-electron chi connectivity index (χ3n) is 2.65. The van der Waals surface area contributed by atoms with E-state index in [2.05, 4.69) is 4.99 Å². The Labute approximate surface area is 110 Å². The second-order valence-electron chi connectivity index (χ2n) is 3.94. The van der Waals surface area contributed by atoms with Gasteiger partial charge in [0.15, 0.2) is 0 Å². The molecule has 0 bridgehead atoms. The average Bonchev–Trinajstić information content (AvgIpc) is 2.78. The third kappa shape index (κ3) is 3.31. The molecule has 0 spiro atoms. The van der Waals surface area contributed by atoms with Crippen LogP contribution in [-0.2, 0) is 21.0 Å². The summed E-state index contributed by atoms with van der Waals surface area (Å²) >= 11 is 0. The molecule has 0 atom stereocenters. The Morgan fingerprint density at radius 3 is 2.74 bits per heavy atom. The van der Waals surface area contributed by atoms with Crippen LogP contribution in [-0.4, -0.2) is 30.0 Å². The zero-order chi connectivity index (χ0) is 13.7. The number of amidine groups is 1. The summed E-state index contributed by atoms with van der Waals surface area (Å²) in [5.74, 6) is 0.138. The summed E-state index contributed by atoms with van der Waals surface area (Å²) in [4.78, 5) is 31.7. The smallest absolute Gasteiger partial charge is 0.428 e. The maximum absolute atomic E-state index is 11.5. The summed E-state index contributed by atoms with van der Waals surface area (Å²) in [6, 6.07) is 9.21. The second kappa shape index (κ2) is 5.99. The summed E-state index contributed by atoms with van der Waals surface area (Å²) in [5.41, 5.74) is 0.844. The Kier molecular flexibility index (Phi) is 4.12. The van der Waals surface area contributed by atoms with Crippen LogP contribution < -0.4 is 0 Å². The molecule has 0 saturated carbocycles. The first-order chi connectivity index (χ1) is 9.20. The first-order valence-electron chi connectivity index (χ1n) is 5.88. The van der Waals surface area contributed by atoms with E-state index >= 15 is 0 Å². The van der Waals surface area contributed by atoms with Crippen molar-refractivity contribution in [3.8, 4) is 0 Å². The van der Waals surface area contributed by atoms with Gasteiger partial charge < -0.3 is 4.74 Å². The van der Waals surface area contributed by atoms with Gasteiger partial charge in [0.25, 0.3) is 5.91 Å². The van der Waals surface area contributed by atoms with Crippen LogP contribution in [0.3, 0.4) is 0 Å². The highest BCUT2D eigenvalue weighted by Gasteiger charge is 2.31. The zero-order valence-corrected chi connectivity index (χ0v) is 10.5. The van der Waals surface area contributed by atoms with Crippen LogP contribution in [0.2, 0.25) is 0 Å². The van der Waals surface area contributed by atoms with Gasteiger partial charge in [0.2, 0.25) is 0 Å². The molecule has 0 aliphatic carbocycles. The van der Waals surface area contributed by atoms with E-state index < -0.39 is 6.16 Å². The molecule has 19 heavy (non-hydrogen) atoms. The molecule has 1 saturated heterocycles. The Bertz CT molecular complexity index is 499. The minimum Gasteiger partial charge on any atom is -0.428 e. The molecule has 1 aromatic carbocycles. The van der Waals surface area contributed by atoms with Gasteiger partial charge in [-0.05, 0) is 5.56 Å². The molecule has 6 heteroatoms. The van der Waals surface area contributed by atoms with Gasteiger partial charge in [-0.1, -0.05) is 30.3 Å². The van der Waals surface area contributed by atoms with Crippen molar-refractivity contribution in [3.63, 3.8) is 0 Å². The van der Waals surface area contributed by atoms with Crippen LogP contribution >= 0.6 is 0 Å². The number of carbonyl (C=O) groups is 2. The predicted molar refractivity (Wildman–Crippen MR) is 67.2 cm³/mol. The molecule has 1 aromatic rings. The lowest BCUT2D eigenvalue weighted by molar-refractivity contribution is -0.151. The van der Waals surface area contributed by atoms with Gasteiger partial charge in [-0.25, -0.2) is 4.79 Å². The minimum absolute atomic E-state index is 0.0975. The Morgan fingerprint density at radius 1 is 1.32 bits per heavy atom. The highest BCUT2D eigenvalue weighted by atomic mass is 16.8. The van der Waals surface area contributed by atoms with Crippen molar-refractivity contribution >= 4 is 17.9 Å². The maximum atomic E-state index is 11.5. The Balaban J connectivity index is 1.86. The van der Waals surface area contributed by atoms with Crippen molar-refractivity contribution in [2.45, 2.75) is 19.4 Å². The summed E-state index contributed by atoms with van der Waals surface area (Å²) in [5, 5.41) is 0.896. The third-order valence-corrected chi connectivity index (χ3v) is 2.65. The molecular weight excluding hydrogens is 248 g/mol. The van der Waals surface area contributed by atoms with Crippen molar-refractivity contribution in [1.29, 1.82) is 0 Å². The standard InChI is InChI=1S/C13H14N2O4/c1-14-11-7-8-12(16)15(11)19-13(17)18-9-10-5-3-2-4-6-10/h2-6H,7-9H2,1H3. The minimum atomic E-state index is -0.916. The monoisotopic (exact) mass is 262 g/mol. The van der Waals surface area contributed by atoms with E-state index in [0.29, 0.717) is 18.7 Å². The van der Waals surface area contributed by atoms with Gasteiger partial charge in [-0.15, -0.1) is 5.06 Å². The van der Waals surface area contributed by atoms with E-state index in [-0.39, 0.29) is 12.5 Å². The van der Waals surface area contributed by atoms with Crippen LogP contribution in [0.4, 0.5) is 4.79 Å². The fourth-order valence-electron chi connectivity index (χ4n) is 1.69. The number of hydrogen-bond donors (Lipinski definition) is 0. The summed E-state index contributed by atoms with van der Waals surface area (Å²) < 4.78 is 4.92. The average molecular weight is 262 g/mol. The van der Waals surface area contributed by atoms with E-state index in [1.54, 1.807) is 7.05 Å². The number of rotatable bonds is 3. The van der Waals surface area contributed by atoms with E-state index in [9.17, 15) is 9.59 Å². The summed E-state index contributed by atoms with van der Waals surface area (Å²) in [6.07, 6.45) is -0.153. The molecule has 1 fully saturated rings. The number of amides is 1. The number of hydrogen-bond acceptors (Lipinski definition) is 5. The number of carbonyl (C=O) groups excluding carboxylic acids is 2. The quantitative estimate of drug-likeness (QED) is 0.780. The molecule has 0 N–H and O–H groups in total. The lowest BCUT2D eigenvalue weighted by atomic mass is 10.2. The van der Waals surface area contributed by atoms with Crippen molar-refractivity contribution < 1.29 is 19.2 Å². The SMILES string of the molecule is CN=C1CCC(=O)N1OC(=O)OCc1ccccc1. The van der Waals surface area contributed by atoms with Crippen molar-refractivity contribution in [2.24, 2.45) is 4.99 Å². The normalized spacial score (nSPS) is 16.8. The number of benzene rings is 1. The van der Waals surface area contributed by atoms with Gasteiger partial charge >= 0.3 is 6.16 Å². The molecule has 6 nitrogen and oxygen atoms in total. The van der Waals surface area contributed by atoms with E-state index in [1.165, 1.54) is 0 Å². The fraction of sp³-hybridized carbons (Fsp3) is 0.308. The number of ether oxygens (including phenoxy) is 1. The molecule has 1 heterocycles. The Morgan fingerprint density at radius 2 is 2.05 bits per heavy atom. The lowest BCUT2D eigenvalue weighted by Crippen LogP contribution is -2.32. The molecule has 0 aromatic heterocycles. The fourth-order valence-corrected chi connectivity index (χ4v) is 1.69. The number of hydroxylamine groups is 2. The number of nitrogens with zero attached hydrogens (tertiary/aromatic N) is 2. The van der Waals surface area contributed by atoms with Gasteiger partial charge in [0.1, 0.15) is 12.4 Å². The van der Waals surface area contributed by atoms with Gasteiger partial charge in [-0.2, -0.15) is 0 Å². The molecule has 1 amide bonds. The maximum Gasteiger partial charge on any atom is 0.534 e. The Hall–Kier alpha value is -2.37. The second-order valence-corrected chi connectivity index (χ2v) is 3.94. The van der Waals surface area contributed by atoms with Crippen LogP contribution in [0.5, 0.6) is 0 Å². The van der Waals surface area contributed by atoms with Crippen LogP contribution in [0.15, 0.2) is 35.3 Å². The van der Waals surface area contributed by atoms with Crippen LogP contribution in [0.1, 0.15) is 18.4 Å². The molecule has 0 unspecified atom stereocenters. The molecule has 1 aliphatic heterocycles. The topological polar surface area (TPSA) is 68.2 Å². The molecule has 100 valence electrons. The summed E-state index contributed by atoms with van der Waals surface area (Å²) in [7, 11) is 1.54. The van der Waals surface area contributed by atoms with Crippen LogP contribution in [0, 0.1) is 0 Å². The van der Waals surface area contributed by atoms with E-state index in [1.807, 2.05) is 30.3 Å². The van der Waals surface area contributed by atoms with Gasteiger partial charge in [0, 0.05) is 19.9 Å². The first kappa shape index (κ1) is 13.1. The van der Waals surface area contributed by atoms with Crippen molar-refractivity contribution in [3.05, 3.63) is 35.9 Å². The first-order valence-corrected chi connectivity index (χ1v) is 5.88. The van der Waals surface area contributed by atoms with Crippen LogP contribution in [0.25, 0.3) is 0 Å². The zero-order valence-electron chi connectivity index (χ0n) is 10.5. The van der Waals surface area contributed by atoms with E-state index in [0.717, 1.165) is 10.6 Å². The summed E-state index contributed by atoms with van der Waals surface area (Å²) in [6.45, 7) is 0.0975. The van der Waals surface area contributed by atoms with Crippen molar-refractivity contribution in [1.82, 2.24) is 5.06 Å². The van der Waals surface area contributed by atoms with Gasteiger partial charge in [0.05, 0.1) is 0 Å². The van der Waals surface area contributed by atoms with Crippen molar-refractivity contribution in [2.75, 3.05) is 7.05 Å². The molecule has 1 aliphatic rings. The number of aliphatic imine (C=N–C) groups is 1. The van der Waals surface area contributed by atoms with E-state index in [4.69, 9.17) is 9.57 Å². The largest absolute Gasteiger partial charge is 0.534 e. The lowest BCUT2D eigenvalue weighted by Gasteiger charge is -2.14. The highest BCUT2D eigenvalue weighted by molar-refractivity contribution is 6.04. The highest BCUT2D eigenvalue weighted by Crippen LogP contribution is 2.14. The molecule has 0 radical (unpaired) electrons.